The third-order valence-corrected chi connectivity index (χ3v) is 2.86. The van der Waals surface area contributed by atoms with E-state index in [0.717, 1.165) is 18.5 Å². The first kappa shape index (κ1) is 10.0. The fourth-order valence-corrected chi connectivity index (χ4v) is 2.03. The van der Waals surface area contributed by atoms with Gasteiger partial charge in [-0.15, -0.1) is 0 Å². The highest BCUT2D eigenvalue weighted by atomic mass is 16.6. The second-order valence-electron chi connectivity index (χ2n) is 3.85. The molecule has 0 radical (unpaired) electrons. The number of nitrogens with zero attached hydrogens (tertiary/aromatic N) is 3. The highest BCUT2D eigenvalue weighted by Crippen LogP contribution is 2.30. The van der Waals surface area contributed by atoms with E-state index in [1.807, 2.05) is 0 Å². The van der Waals surface area contributed by atoms with Gasteiger partial charge < -0.3 is 10.1 Å². The largest absolute Gasteiger partial charge is 0.363 e. The molecule has 80 valence electrons. The fraction of sp³-hybridized carbons (Fsp3) is 0.500. The van der Waals surface area contributed by atoms with Crippen LogP contribution < -0.4 is 0 Å². The van der Waals surface area contributed by atoms with Crippen LogP contribution in [0.1, 0.15) is 24.4 Å². The van der Waals surface area contributed by atoms with Gasteiger partial charge in [-0.25, -0.2) is 0 Å². The van der Waals surface area contributed by atoms with Gasteiger partial charge in [-0.1, -0.05) is 0 Å². The molecule has 1 atom stereocenters. The van der Waals surface area contributed by atoms with Crippen LogP contribution in [0.2, 0.25) is 0 Å². The first-order chi connectivity index (χ1) is 7.18. The molecule has 1 saturated heterocycles. The highest BCUT2D eigenvalue weighted by molar-refractivity contribution is 5.25. The summed E-state index contributed by atoms with van der Waals surface area (Å²) in [5.74, 6) is -0.0839. The first-order valence-corrected chi connectivity index (χ1v) is 4.99. The van der Waals surface area contributed by atoms with Crippen LogP contribution in [0.25, 0.3) is 0 Å². The normalized spacial score (nSPS) is 21.8. The Bertz CT molecular complexity index is 363. The molecule has 2 rings (SSSR count). The fourth-order valence-electron chi connectivity index (χ4n) is 2.03. The molecule has 0 saturated carbocycles. The average Bonchev–Trinajstić information content (AvgIpc) is 2.65. The summed E-state index contributed by atoms with van der Waals surface area (Å²) >= 11 is 0. The highest BCUT2D eigenvalue weighted by Gasteiger charge is 2.24. The Balaban J connectivity index is 2.19. The van der Waals surface area contributed by atoms with E-state index in [-0.39, 0.29) is 5.82 Å². The topological polar surface area (TPSA) is 59.3 Å². The van der Waals surface area contributed by atoms with Crippen LogP contribution in [0.5, 0.6) is 0 Å². The number of likely N-dealkylation sites (tertiary alicyclic amines) is 1. The smallest absolute Gasteiger partial charge is 0.358 e. The van der Waals surface area contributed by atoms with Crippen molar-refractivity contribution < 1.29 is 4.92 Å². The van der Waals surface area contributed by atoms with E-state index >= 15 is 0 Å². The Hall–Kier alpha value is -1.49. The molecule has 0 aromatic carbocycles. The summed E-state index contributed by atoms with van der Waals surface area (Å²) in [5, 5.41) is 10.4. The predicted octanol–water partition coefficient (Wildman–Crippen LogP) is 1.76. The number of nitro groups is 1. The molecule has 1 aromatic heterocycles. The molecule has 2 heterocycles. The van der Waals surface area contributed by atoms with Gasteiger partial charge in [0.1, 0.15) is 6.20 Å². The lowest BCUT2D eigenvalue weighted by Crippen LogP contribution is -2.17. The minimum absolute atomic E-state index is 0.0839. The van der Waals surface area contributed by atoms with Crippen molar-refractivity contribution in [3.05, 3.63) is 34.0 Å². The lowest BCUT2D eigenvalue weighted by atomic mass is 10.1. The summed E-state index contributed by atoms with van der Waals surface area (Å²) in [4.78, 5) is 16.0. The summed E-state index contributed by atoms with van der Waals surface area (Å²) in [6, 6.07) is 3.65. The quantitative estimate of drug-likeness (QED) is 0.547. The van der Waals surface area contributed by atoms with E-state index in [2.05, 4.69) is 16.9 Å². The van der Waals surface area contributed by atoms with Crippen molar-refractivity contribution in [1.29, 1.82) is 0 Å². The van der Waals surface area contributed by atoms with E-state index < -0.39 is 4.92 Å². The van der Waals surface area contributed by atoms with Crippen molar-refractivity contribution in [1.82, 2.24) is 9.88 Å². The Morgan fingerprint density at radius 2 is 2.40 bits per heavy atom. The molecular formula is C10H13N3O2. The van der Waals surface area contributed by atoms with Crippen LogP contribution in [0.3, 0.4) is 0 Å². The molecule has 1 fully saturated rings. The van der Waals surface area contributed by atoms with E-state index in [1.165, 1.54) is 12.5 Å². The Kier molecular flexibility index (Phi) is 2.64. The molecule has 5 nitrogen and oxygen atoms in total. The zero-order valence-corrected chi connectivity index (χ0v) is 8.59. The molecular weight excluding hydrogens is 194 g/mol. The second kappa shape index (κ2) is 3.94. The van der Waals surface area contributed by atoms with Crippen molar-refractivity contribution in [2.45, 2.75) is 18.9 Å². The molecule has 0 aliphatic carbocycles. The van der Waals surface area contributed by atoms with Crippen molar-refractivity contribution >= 4 is 5.82 Å². The standard InChI is InChI=1S/C10H13N3O2/c1-12-6-2-3-9(12)8-4-5-10(11-7-8)13(14)15/h4-5,7,9H,2-3,6H2,1H3/t9-/m0/s1. The van der Waals surface area contributed by atoms with E-state index in [4.69, 9.17) is 0 Å². The van der Waals surface area contributed by atoms with E-state index in [9.17, 15) is 10.1 Å². The summed E-state index contributed by atoms with van der Waals surface area (Å²) in [6.07, 6.45) is 3.90. The molecule has 0 bridgehead atoms. The maximum atomic E-state index is 10.4. The number of pyridine rings is 1. The van der Waals surface area contributed by atoms with Gasteiger partial charge in [0.2, 0.25) is 0 Å². The van der Waals surface area contributed by atoms with Crippen molar-refractivity contribution in [2.75, 3.05) is 13.6 Å². The van der Waals surface area contributed by atoms with Gasteiger partial charge in [-0.2, -0.15) is 0 Å². The number of hydrogen-bond acceptors (Lipinski definition) is 4. The van der Waals surface area contributed by atoms with Crippen LogP contribution in [0.4, 0.5) is 5.82 Å². The summed E-state index contributed by atoms with van der Waals surface area (Å²) in [5.41, 5.74) is 1.07. The zero-order valence-electron chi connectivity index (χ0n) is 8.59. The lowest BCUT2D eigenvalue weighted by Gasteiger charge is -2.17. The van der Waals surface area contributed by atoms with Crippen LogP contribution >= 0.6 is 0 Å². The van der Waals surface area contributed by atoms with Crippen LogP contribution in [0.15, 0.2) is 18.3 Å². The van der Waals surface area contributed by atoms with Crippen molar-refractivity contribution in [2.24, 2.45) is 0 Å². The van der Waals surface area contributed by atoms with Gasteiger partial charge in [0, 0.05) is 17.7 Å². The molecule has 0 unspecified atom stereocenters. The Labute approximate surface area is 87.9 Å². The van der Waals surface area contributed by atoms with Crippen LogP contribution in [-0.2, 0) is 0 Å². The summed E-state index contributed by atoms with van der Waals surface area (Å²) < 4.78 is 0. The predicted molar refractivity (Wildman–Crippen MR) is 55.5 cm³/mol. The monoisotopic (exact) mass is 207 g/mol. The van der Waals surface area contributed by atoms with Crippen LogP contribution in [0, 0.1) is 10.1 Å². The molecule has 0 spiro atoms. The van der Waals surface area contributed by atoms with Gasteiger partial charge in [0.25, 0.3) is 0 Å². The van der Waals surface area contributed by atoms with Gasteiger partial charge in [0.05, 0.1) is 0 Å². The maximum absolute atomic E-state index is 10.4. The SMILES string of the molecule is CN1CCC[C@H]1c1ccc([N+](=O)[O-])nc1. The Morgan fingerprint density at radius 1 is 1.60 bits per heavy atom. The number of aromatic nitrogens is 1. The van der Waals surface area contributed by atoms with Gasteiger partial charge in [-0.3, -0.25) is 4.90 Å². The lowest BCUT2D eigenvalue weighted by molar-refractivity contribution is -0.389. The summed E-state index contributed by atoms with van der Waals surface area (Å²) in [7, 11) is 2.07. The van der Waals surface area contributed by atoms with Crippen LogP contribution in [-0.4, -0.2) is 28.4 Å². The number of hydrogen-bond donors (Lipinski definition) is 0. The zero-order chi connectivity index (χ0) is 10.8. The molecule has 1 aromatic rings. The third kappa shape index (κ3) is 1.97. The first-order valence-electron chi connectivity index (χ1n) is 4.99. The minimum atomic E-state index is -0.470. The van der Waals surface area contributed by atoms with Gasteiger partial charge in [-0.05, 0) is 42.4 Å². The van der Waals surface area contributed by atoms with Gasteiger partial charge in [0.15, 0.2) is 0 Å². The third-order valence-electron chi connectivity index (χ3n) is 2.86. The average molecular weight is 207 g/mol. The van der Waals surface area contributed by atoms with Crippen molar-refractivity contribution in [3.63, 3.8) is 0 Å². The van der Waals surface area contributed by atoms with E-state index in [1.54, 1.807) is 12.3 Å². The van der Waals surface area contributed by atoms with Crippen molar-refractivity contribution in [3.8, 4) is 0 Å². The van der Waals surface area contributed by atoms with Gasteiger partial charge >= 0.3 is 5.82 Å². The molecule has 0 N–H and O–H groups in total. The number of rotatable bonds is 2. The molecule has 15 heavy (non-hydrogen) atoms. The van der Waals surface area contributed by atoms with E-state index in [0.29, 0.717) is 6.04 Å². The molecule has 0 amide bonds. The molecule has 1 aliphatic rings. The second-order valence-corrected chi connectivity index (χ2v) is 3.85. The summed E-state index contributed by atoms with van der Waals surface area (Å²) in [6.45, 7) is 1.08. The minimum Gasteiger partial charge on any atom is -0.358 e. The maximum Gasteiger partial charge on any atom is 0.363 e. The molecule has 1 aliphatic heterocycles. The Morgan fingerprint density at radius 3 is 2.87 bits per heavy atom. The molecule has 5 heteroatoms.